The molecule has 4 rings (SSSR count). The first-order chi connectivity index (χ1) is 12.1. The highest BCUT2D eigenvalue weighted by atomic mass is 19.1. The van der Waals surface area contributed by atoms with E-state index in [0.29, 0.717) is 10.9 Å². The van der Waals surface area contributed by atoms with Gasteiger partial charge in [0.15, 0.2) is 5.43 Å². The number of fused-ring (bicyclic) bond motifs is 1. The summed E-state index contributed by atoms with van der Waals surface area (Å²) in [5, 5.41) is 0.462. The van der Waals surface area contributed by atoms with Crippen LogP contribution in [0.15, 0.2) is 78.0 Å². The van der Waals surface area contributed by atoms with E-state index in [-0.39, 0.29) is 11.1 Å². The second kappa shape index (κ2) is 5.94. The molecule has 0 saturated carbocycles. The fraction of sp³-hybridized carbons (Fsp3) is 0. The molecule has 25 heavy (non-hydrogen) atoms. The Balaban J connectivity index is 2.01. The molecule has 0 bridgehead atoms. The highest BCUT2D eigenvalue weighted by Gasteiger charge is 2.11. The van der Waals surface area contributed by atoms with Crippen molar-refractivity contribution in [3.8, 4) is 16.8 Å². The molecule has 4 aromatic rings. The number of hydrogen-bond donors (Lipinski definition) is 0. The van der Waals surface area contributed by atoms with Crippen molar-refractivity contribution in [2.24, 2.45) is 0 Å². The number of nitrogens with zero attached hydrogens (tertiary/aromatic N) is 2. The van der Waals surface area contributed by atoms with Gasteiger partial charge in [0.25, 0.3) is 0 Å². The fourth-order valence-electron chi connectivity index (χ4n) is 2.86. The van der Waals surface area contributed by atoms with Gasteiger partial charge in [-0.25, -0.2) is 8.78 Å². The van der Waals surface area contributed by atoms with Crippen LogP contribution in [0.2, 0.25) is 0 Å². The van der Waals surface area contributed by atoms with Gasteiger partial charge in [-0.2, -0.15) is 0 Å². The van der Waals surface area contributed by atoms with Gasteiger partial charge >= 0.3 is 0 Å². The molecule has 2 heterocycles. The van der Waals surface area contributed by atoms with E-state index in [0.717, 1.165) is 17.2 Å². The van der Waals surface area contributed by atoms with E-state index >= 15 is 0 Å². The minimum absolute atomic E-state index is 0.157. The van der Waals surface area contributed by atoms with E-state index in [4.69, 9.17) is 0 Å². The van der Waals surface area contributed by atoms with Crippen LogP contribution in [-0.4, -0.2) is 9.55 Å². The van der Waals surface area contributed by atoms with E-state index in [1.165, 1.54) is 24.4 Å². The van der Waals surface area contributed by atoms with Crippen molar-refractivity contribution < 1.29 is 8.78 Å². The topological polar surface area (TPSA) is 34.9 Å². The van der Waals surface area contributed by atoms with E-state index in [9.17, 15) is 13.6 Å². The third-order valence-electron chi connectivity index (χ3n) is 4.08. The fourth-order valence-corrected chi connectivity index (χ4v) is 2.86. The zero-order chi connectivity index (χ0) is 17.4. The Morgan fingerprint density at radius 2 is 1.64 bits per heavy atom. The Hall–Kier alpha value is -3.34. The highest BCUT2D eigenvalue weighted by molar-refractivity contribution is 5.85. The van der Waals surface area contributed by atoms with Crippen LogP contribution >= 0.6 is 0 Å². The first kappa shape index (κ1) is 15.2. The Kier molecular flexibility index (Phi) is 3.61. The van der Waals surface area contributed by atoms with Crippen LogP contribution in [0.1, 0.15) is 0 Å². The van der Waals surface area contributed by atoms with Crippen molar-refractivity contribution in [2.75, 3.05) is 0 Å². The van der Waals surface area contributed by atoms with Crippen LogP contribution in [0, 0.1) is 11.6 Å². The van der Waals surface area contributed by atoms with Crippen LogP contribution in [0.4, 0.5) is 8.78 Å². The van der Waals surface area contributed by atoms with Crippen LogP contribution in [0.3, 0.4) is 0 Å². The number of pyridine rings is 2. The monoisotopic (exact) mass is 334 g/mol. The second-order valence-electron chi connectivity index (χ2n) is 5.61. The minimum Gasteiger partial charge on any atom is -0.314 e. The average Bonchev–Trinajstić information content (AvgIpc) is 2.63. The van der Waals surface area contributed by atoms with Gasteiger partial charge in [0.2, 0.25) is 0 Å². The lowest BCUT2D eigenvalue weighted by molar-refractivity contribution is 0.578. The van der Waals surface area contributed by atoms with E-state index in [1.807, 2.05) is 24.3 Å². The summed E-state index contributed by atoms with van der Waals surface area (Å²) in [5.74, 6) is -1.34. The normalized spacial score (nSPS) is 11.0. The predicted octanol–water partition coefficient (Wildman–Crippen LogP) is 4.33. The molecule has 0 atom stereocenters. The molecule has 0 N–H and O–H groups in total. The molecule has 122 valence electrons. The maximum Gasteiger partial charge on any atom is 0.189 e. The first-order valence-electron chi connectivity index (χ1n) is 7.65. The quantitative estimate of drug-likeness (QED) is 0.547. The Bertz CT molecular complexity index is 1140. The van der Waals surface area contributed by atoms with E-state index < -0.39 is 11.6 Å². The van der Waals surface area contributed by atoms with Gasteiger partial charge < -0.3 is 4.57 Å². The van der Waals surface area contributed by atoms with Gasteiger partial charge in [-0.05, 0) is 47.5 Å². The molecule has 0 aliphatic rings. The lowest BCUT2D eigenvalue weighted by atomic mass is 10.0. The molecular weight excluding hydrogens is 322 g/mol. The van der Waals surface area contributed by atoms with Gasteiger partial charge in [-0.3, -0.25) is 9.78 Å². The summed E-state index contributed by atoms with van der Waals surface area (Å²) >= 11 is 0. The Labute approximate surface area is 141 Å². The summed E-state index contributed by atoms with van der Waals surface area (Å²) < 4.78 is 29.0. The van der Waals surface area contributed by atoms with Crippen molar-refractivity contribution in [3.63, 3.8) is 0 Å². The molecule has 0 spiro atoms. The van der Waals surface area contributed by atoms with E-state index in [1.54, 1.807) is 23.0 Å². The maximum absolute atomic E-state index is 14.2. The molecule has 3 nitrogen and oxygen atoms in total. The van der Waals surface area contributed by atoms with Crippen LogP contribution < -0.4 is 5.43 Å². The van der Waals surface area contributed by atoms with Gasteiger partial charge in [-0.15, -0.1) is 0 Å². The van der Waals surface area contributed by atoms with Crippen molar-refractivity contribution in [1.82, 2.24) is 9.55 Å². The van der Waals surface area contributed by atoms with Crippen molar-refractivity contribution in [3.05, 3.63) is 95.0 Å². The summed E-state index contributed by atoms with van der Waals surface area (Å²) in [6, 6.07) is 13.8. The van der Waals surface area contributed by atoms with Crippen molar-refractivity contribution >= 4 is 10.9 Å². The van der Waals surface area contributed by atoms with Crippen LogP contribution in [0.5, 0.6) is 0 Å². The Morgan fingerprint density at radius 3 is 2.40 bits per heavy atom. The number of aromatic nitrogens is 2. The zero-order valence-corrected chi connectivity index (χ0v) is 13.0. The van der Waals surface area contributed by atoms with Gasteiger partial charge in [0.05, 0.1) is 11.2 Å². The second-order valence-corrected chi connectivity index (χ2v) is 5.61. The number of halogens is 2. The summed E-state index contributed by atoms with van der Waals surface area (Å²) in [7, 11) is 0. The third kappa shape index (κ3) is 2.70. The van der Waals surface area contributed by atoms with Crippen molar-refractivity contribution in [2.45, 2.75) is 0 Å². The first-order valence-corrected chi connectivity index (χ1v) is 7.65. The summed E-state index contributed by atoms with van der Waals surface area (Å²) in [4.78, 5) is 16.2. The van der Waals surface area contributed by atoms with Gasteiger partial charge in [0.1, 0.15) is 11.6 Å². The number of benzene rings is 2. The van der Waals surface area contributed by atoms with Gasteiger partial charge in [-0.1, -0.05) is 6.07 Å². The SMILES string of the molecule is O=c1ccn(-c2ccc(F)cc2F)c2cc(-c3ccncc3)ccc12. The molecule has 0 saturated heterocycles. The molecule has 0 radical (unpaired) electrons. The zero-order valence-electron chi connectivity index (χ0n) is 13.0. The lowest BCUT2D eigenvalue weighted by Crippen LogP contribution is -2.08. The highest BCUT2D eigenvalue weighted by Crippen LogP contribution is 2.25. The third-order valence-corrected chi connectivity index (χ3v) is 4.08. The van der Waals surface area contributed by atoms with Crippen LogP contribution in [0.25, 0.3) is 27.7 Å². The summed E-state index contributed by atoms with van der Waals surface area (Å²) in [6.07, 6.45) is 4.85. The number of hydrogen-bond acceptors (Lipinski definition) is 2. The molecule has 5 heteroatoms. The molecule has 0 amide bonds. The largest absolute Gasteiger partial charge is 0.314 e. The van der Waals surface area contributed by atoms with Crippen LogP contribution in [-0.2, 0) is 0 Å². The summed E-state index contributed by atoms with van der Waals surface area (Å²) in [5.41, 5.74) is 2.37. The predicted molar refractivity (Wildman–Crippen MR) is 92.7 cm³/mol. The Morgan fingerprint density at radius 1 is 0.840 bits per heavy atom. The van der Waals surface area contributed by atoms with E-state index in [2.05, 4.69) is 4.98 Å². The number of rotatable bonds is 2. The summed E-state index contributed by atoms with van der Waals surface area (Å²) in [6.45, 7) is 0. The lowest BCUT2D eigenvalue weighted by Gasteiger charge is -2.13. The smallest absolute Gasteiger partial charge is 0.189 e. The molecule has 2 aromatic heterocycles. The molecule has 0 fully saturated rings. The minimum atomic E-state index is -0.695. The molecular formula is C20H12F2N2O. The van der Waals surface area contributed by atoms with Gasteiger partial charge in [0, 0.05) is 36.1 Å². The molecule has 0 unspecified atom stereocenters. The standard InChI is InChI=1S/C20H12F2N2O/c21-15-2-4-18(17(22)12-15)24-10-7-20(25)16-3-1-14(11-19(16)24)13-5-8-23-9-6-13/h1-12H. The molecule has 0 aliphatic heterocycles. The maximum atomic E-state index is 14.2. The molecule has 0 aliphatic carbocycles. The average molecular weight is 334 g/mol. The van der Waals surface area contributed by atoms with Crippen molar-refractivity contribution in [1.29, 1.82) is 0 Å². The molecule has 2 aromatic carbocycles.